The number of anilines is 2. The maximum atomic E-state index is 13.7. The molecule has 36 heavy (non-hydrogen) atoms. The number of fused-ring (bicyclic) bond motifs is 1. The second kappa shape index (κ2) is 10.0. The first kappa shape index (κ1) is 25.0. The standard InChI is InChI=1S/C24H20Cl4FN7/c25-19-8-16(7-18-21(32-12-24(26,27)28)14(9-30)10-31-23(18)19)33-22(13-1-3-15(29)4-2-13)20-11-36(35-34-20)17-5-6-17/h1-4,7-8,10-11,17,22,33-35H,5-6,12H2,(H,31,32). The molecule has 0 amide bonds. The fourth-order valence-electron chi connectivity index (χ4n) is 4.01. The SMILES string of the molecule is N#Cc1cnc2c(Cl)cc(NC(C3=CN(C4CC4)NN3)c3ccc(F)cc3)cc2c1NCC(Cl)(Cl)Cl. The third-order valence-electron chi connectivity index (χ3n) is 5.88. The van der Waals surface area contributed by atoms with Crippen molar-refractivity contribution in [3.63, 3.8) is 0 Å². The van der Waals surface area contributed by atoms with E-state index in [9.17, 15) is 9.65 Å². The lowest BCUT2D eigenvalue weighted by atomic mass is 10.0. The maximum absolute atomic E-state index is 13.7. The van der Waals surface area contributed by atoms with E-state index in [1.165, 1.54) is 18.3 Å². The summed E-state index contributed by atoms with van der Waals surface area (Å²) in [7, 11) is 0. The lowest BCUT2D eigenvalue weighted by Gasteiger charge is -2.22. The molecule has 0 radical (unpaired) electrons. The van der Waals surface area contributed by atoms with Crippen molar-refractivity contribution in [1.29, 1.82) is 5.26 Å². The summed E-state index contributed by atoms with van der Waals surface area (Å²) in [4.78, 5) is 4.36. The molecule has 12 heteroatoms. The van der Waals surface area contributed by atoms with Crippen molar-refractivity contribution in [2.24, 2.45) is 0 Å². The van der Waals surface area contributed by atoms with Crippen LogP contribution in [0.25, 0.3) is 10.9 Å². The van der Waals surface area contributed by atoms with E-state index in [0.29, 0.717) is 33.3 Å². The Morgan fingerprint density at radius 2 is 1.97 bits per heavy atom. The number of pyridine rings is 1. The summed E-state index contributed by atoms with van der Waals surface area (Å²) in [5.74, 6) is -0.322. The minimum Gasteiger partial charge on any atom is -0.379 e. The molecule has 4 N–H and O–H groups in total. The number of benzene rings is 2. The smallest absolute Gasteiger partial charge is 0.207 e. The molecule has 5 rings (SSSR count). The Morgan fingerprint density at radius 3 is 2.64 bits per heavy atom. The van der Waals surface area contributed by atoms with Crippen LogP contribution in [0.3, 0.4) is 0 Å². The van der Waals surface area contributed by atoms with Crippen LogP contribution in [0.15, 0.2) is 54.5 Å². The normalized spacial score (nSPS) is 16.3. The molecule has 0 spiro atoms. The van der Waals surface area contributed by atoms with Gasteiger partial charge in [-0.1, -0.05) is 58.5 Å². The van der Waals surface area contributed by atoms with E-state index in [1.807, 2.05) is 17.3 Å². The molecule has 1 aliphatic heterocycles. The predicted molar refractivity (Wildman–Crippen MR) is 142 cm³/mol. The Bertz CT molecular complexity index is 1360. The predicted octanol–water partition coefficient (Wildman–Crippen LogP) is 6.16. The number of rotatable bonds is 7. The quantitative estimate of drug-likeness (QED) is 0.255. The van der Waals surface area contributed by atoms with Gasteiger partial charge in [-0.05, 0) is 42.7 Å². The van der Waals surface area contributed by atoms with Crippen LogP contribution in [0, 0.1) is 17.1 Å². The molecular formula is C24H20Cl4FN7. The number of aromatic nitrogens is 1. The van der Waals surface area contributed by atoms with Crippen LogP contribution >= 0.6 is 46.4 Å². The first-order valence-electron chi connectivity index (χ1n) is 11.1. The van der Waals surface area contributed by atoms with Crippen LogP contribution in [0.2, 0.25) is 5.02 Å². The molecule has 2 aliphatic rings. The number of alkyl halides is 3. The minimum absolute atomic E-state index is 0.0293. The van der Waals surface area contributed by atoms with Gasteiger partial charge in [0.1, 0.15) is 11.9 Å². The molecule has 7 nitrogen and oxygen atoms in total. The van der Waals surface area contributed by atoms with Gasteiger partial charge in [0.15, 0.2) is 0 Å². The molecule has 1 saturated carbocycles. The number of hydrazine groups is 2. The molecule has 186 valence electrons. The first-order chi connectivity index (χ1) is 17.2. The third-order valence-corrected chi connectivity index (χ3v) is 6.57. The number of nitriles is 1. The summed E-state index contributed by atoms with van der Waals surface area (Å²) in [6, 6.07) is 12.1. The zero-order chi connectivity index (χ0) is 25.4. The van der Waals surface area contributed by atoms with Gasteiger partial charge < -0.3 is 16.1 Å². The molecule has 1 atom stereocenters. The number of halogens is 5. The van der Waals surface area contributed by atoms with Crippen LogP contribution in [-0.4, -0.2) is 26.4 Å². The molecule has 3 aromatic rings. The summed E-state index contributed by atoms with van der Waals surface area (Å²) >= 11 is 24.4. The zero-order valence-electron chi connectivity index (χ0n) is 18.6. The van der Waals surface area contributed by atoms with E-state index in [-0.39, 0.29) is 24.0 Å². The monoisotopic (exact) mass is 565 g/mol. The molecule has 1 unspecified atom stereocenters. The van der Waals surface area contributed by atoms with Gasteiger partial charge in [0.25, 0.3) is 0 Å². The van der Waals surface area contributed by atoms with Gasteiger partial charge >= 0.3 is 0 Å². The summed E-state index contributed by atoms with van der Waals surface area (Å²) < 4.78 is 12.1. The van der Waals surface area contributed by atoms with Crippen LogP contribution in [0.4, 0.5) is 15.8 Å². The molecular weight excluding hydrogens is 547 g/mol. The van der Waals surface area contributed by atoms with Gasteiger partial charge in [-0.15, -0.1) is 5.53 Å². The van der Waals surface area contributed by atoms with Crippen molar-refractivity contribution in [1.82, 2.24) is 21.0 Å². The summed E-state index contributed by atoms with van der Waals surface area (Å²) in [5, 5.41) is 19.2. The van der Waals surface area contributed by atoms with Crippen molar-refractivity contribution >= 4 is 68.7 Å². The summed E-state index contributed by atoms with van der Waals surface area (Å²) in [5.41, 5.74) is 9.96. The van der Waals surface area contributed by atoms with Gasteiger partial charge in [0, 0.05) is 29.5 Å². The highest BCUT2D eigenvalue weighted by Gasteiger charge is 2.32. The first-order valence-corrected chi connectivity index (χ1v) is 12.6. The Balaban J connectivity index is 1.55. The molecule has 2 aromatic carbocycles. The van der Waals surface area contributed by atoms with E-state index < -0.39 is 3.79 Å². The second-order valence-electron chi connectivity index (χ2n) is 8.57. The van der Waals surface area contributed by atoms with Crippen molar-refractivity contribution in [2.45, 2.75) is 28.7 Å². The van der Waals surface area contributed by atoms with Gasteiger partial charge in [-0.2, -0.15) is 5.26 Å². The fraction of sp³-hybridized carbons (Fsp3) is 0.250. The molecule has 0 bridgehead atoms. The highest BCUT2D eigenvalue weighted by molar-refractivity contribution is 6.67. The van der Waals surface area contributed by atoms with E-state index in [2.05, 4.69) is 32.6 Å². The Labute approximate surface area is 227 Å². The molecule has 2 heterocycles. The van der Waals surface area contributed by atoms with Crippen LogP contribution in [-0.2, 0) is 0 Å². The van der Waals surface area contributed by atoms with Crippen molar-refractivity contribution < 1.29 is 4.39 Å². The topological polar surface area (TPSA) is 88.0 Å². The fourth-order valence-corrected chi connectivity index (χ4v) is 4.48. The van der Waals surface area contributed by atoms with Crippen molar-refractivity contribution in [3.05, 3.63) is 76.5 Å². The Hall–Kier alpha value is -2.67. The lowest BCUT2D eigenvalue weighted by molar-refractivity contribution is 0.260. The molecule has 1 fully saturated rings. The average molecular weight is 567 g/mol. The lowest BCUT2D eigenvalue weighted by Crippen LogP contribution is -2.38. The van der Waals surface area contributed by atoms with E-state index in [1.54, 1.807) is 18.2 Å². The van der Waals surface area contributed by atoms with Gasteiger partial charge in [-0.3, -0.25) is 9.99 Å². The molecule has 1 aliphatic carbocycles. The van der Waals surface area contributed by atoms with Gasteiger partial charge in [-0.25, -0.2) is 4.39 Å². The van der Waals surface area contributed by atoms with E-state index in [0.717, 1.165) is 24.1 Å². The second-order valence-corrected chi connectivity index (χ2v) is 11.5. The zero-order valence-corrected chi connectivity index (χ0v) is 21.7. The largest absolute Gasteiger partial charge is 0.379 e. The Kier molecular flexibility index (Phi) is 6.95. The van der Waals surface area contributed by atoms with Crippen LogP contribution in [0.1, 0.15) is 30.0 Å². The minimum atomic E-state index is -1.57. The summed E-state index contributed by atoms with van der Waals surface area (Å²) in [6.45, 7) is -0.0293. The molecule has 1 aromatic heterocycles. The van der Waals surface area contributed by atoms with E-state index in [4.69, 9.17) is 46.4 Å². The highest BCUT2D eigenvalue weighted by Crippen LogP contribution is 2.37. The van der Waals surface area contributed by atoms with E-state index >= 15 is 0 Å². The number of nitrogens with one attached hydrogen (secondary N) is 4. The third kappa shape index (κ3) is 5.51. The van der Waals surface area contributed by atoms with Gasteiger partial charge in [0.2, 0.25) is 3.79 Å². The summed E-state index contributed by atoms with van der Waals surface area (Å²) in [6.07, 6.45) is 5.66. The van der Waals surface area contributed by atoms with Crippen LogP contribution < -0.4 is 21.6 Å². The van der Waals surface area contributed by atoms with Crippen molar-refractivity contribution in [2.75, 3.05) is 17.2 Å². The molecule has 0 saturated heterocycles. The number of hydrogen-bond acceptors (Lipinski definition) is 7. The number of nitrogens with zero attached hydrogens (tertiary/aromatic N) is 3. The van der Waals surface area contributed by atoms with Crippen molar-refractivity contribution in [3.8, 4) is 6.07 Å². The maximum Gasteiger partial charge on any atom is 0.207 e. The highest BCUT2D eigenvalue weighted by atomic mass is 35.6. The Morgan fingerprint density at radius 1 is 1.22 bits per heavy atom. The van der Waals surface area contributed by atoms with Crippen LogP contribution in [0.5, 0.6) is 0 Å². The van der Waals surface area contributed by atoms with Gasteiger partial charge in [0.05, 0.1) is 40.1 Å². The number of hydrogen-bond donors (Lipinski definition) is 4. The average Bonchev–Trinajstić information content (AvgIpc) is 3.58.